The fourth-order valence-corrected chi connectivity index (χ4v) is 2.19. The number of anilines is 2. The van der Waals surface area contributed by atoms with Crippen LogP contribution in [0, 0.1) is 6.92 Å². The van der Waals surface area contributed by atoms with Crippen molar-refractivity contribution in [3.8, 4) is 11.5 Å². The third kappa shape index (κ3) is 2.01. The Balaban J connectivity index is 2.12. The van der Waals surface area contributed by atoms with Gasteiger partial charge in [0, 0.05) is 17.6 Å². The average molecular weight is 265 g/mol. The minimum Gasteiger partial charge on any atom is -0.454 e. The number of rotatable bonds is 2. The second-order valence-electron chi connectivity index (χ2n) is 4.64. The summed E-state index contributed by atoms with van der Waals surface area (Å²) in [6.07, 6.45) is 1.58. The predicted molar refractivity (Wildman–Crippen MR) is 81.8 cm³/mol. The first-order chi connectivity index (χ1) is 9.66. The van der Waals surface area contributed by atoms with E-state index in [1.54, 1.807) is 12.3 Å². The van der Waals surface area contributed by atoms with Crippen molar-refractivity contribution in [1.82, 2.24) is 4.98 Å². The van der Waals surface area contributed by atoms with Gasteiger partial charge in [-0.05, 0) is 23.9 Å². The van der Waals surface area contributed by atoms with Crippen molar-refractivity contribution in [2.45, 2.75) is 6.92 Å². The minimum absolute atomic E-state index is 0.277. The maximum absolute atomic E-state index is 5.91. The van der Waals surface area contributed by atoms with E-state index < -0.39 is 0 Å². The minimum atomic E-state index is 0.277. The van der Waals surface area contributed by atoms with Gasteiger partial charge >= 0.3 is 0 Å². The molecule has 0 saturated carbocycles. The number of nitrogens with two attached hydrogens (primary N) is 2. The van der Waals surface area contributed by atoms with Crippen molar-refractivity contribution >= 4 is 22.3 Å². The van der Waals surface area contributed by atoms with Crippen LogP contribution in [0.15, 0.2) is 48.7 Å². The highest BCUT2D eigenvalue weighted by atomic mass is 16.5. The molecular weight excluding hydrogens is 250 g/mol. The van der Waals surface area contributed by atoms with E-state index in [4.69, 9.17) is 16.2 Å². The summed E-state index contributed by atoms with van der Waals surface area (Å²) < 4.78 is 5.91. The molecule has 0 unspecified atom stereocenters. The maximum atomic E-state index is 5.91. The van der Waals surface area contributed by atoms with Gasteiger partial charge in [0.15, 0.2) is 5.75 Å². The first-order valence-electron chi connectivity index (χ1n) is 6.33. The molecule has 4 N–H and O–H groups in total. The van der Waals surface area contributed by atoms with Crippen molar-refractivity contribution in [3.63, 3.8) is 0 Å². The smallest absolute Gasteiger partial charge is 0.155 e. The van der Waals surface area contributed by atoms with E-state index in [0.717, 1.165) is 16.5 Å². The van der Waals surface area contributed by atoms with Crippen molar-refractivity contribution < 1.29 is 4.74 Å². The molecule has 0 aliphatic heterocycles. The summed E-state index contributed by atoms with van der Waals surface area (Å²) in [6, 6.07) is 13.8. The molecule has 0 aliphatic rings. The van der Waals surface area contributed by atoms with Crippen LogP contribution in [0.3, 0.4) is 0 Å². The molecule has 3 rings (SSSR count). The lowest BCUT2D eigenvalue weighted by molar-refractivity contribution is 0.490. The number of fused-ring (bicyclic) bond motifs is 1. The van der Waals surface area contributed by atoms with E-state index in [1.807, 2.05) is 30.3 Å². The molecule has 2 aromatic carbocycles. The third-order valence-corrected chi connectivity index (χ3v) is 3.30. The van der Waals surface area contributed by atoms with E-state index >= 15 is 0 Å². The lowest BCUT2D eigenvalue weighted by atomic mass is 10.0. The van der Waals surface area contributed by atoms with Crippen LogP contribution in [-0.2, 0) is 0 Å². The summed E-state index contributed by atoms with van der Waals surface area (Å²) >= 11 is 0. The topological polar surface area (TPSA) is 74.2 Å². The molecule has 0 radical (unpaired) electrons. The molecule has 0 saturated heterocycles. The zero-order valence-electron chi connectivity index (χ0n) is 11.1. The number of nitrogens with zero attached hydrogens (tertiary/aromatic N) is 1. The fraction of sp³-hybridized carbons (Fsp3) is 0.0625. The number of aryl methyl sites for hydroxylation is 1. The summed E-state index contributed by atoms with van der Waals surface area (Å²) in [5.41, 5.74) is 13.1. The summed E-state index contributed by atoms with van der Waals surface area (Å²) in [5.74, 6) is 1.55. The van der Waals surface area contributed by atoms with Gasteiger partial charge in [-0.3, -0.25) is 0 Å². The van der Waals surface area contributed by atoms with E-state index in [-0.39, 0.29) is 5.82 Å². The number of benzene rings is 2. The van der Waals surface area contributed by atoms with Crippen molar-refractivity contribution in [2.75, 3.05) is 11.5 Å². The molecule has 20 heavy (non-hydrogen) atoms. The zero-order chi connectivity index (χ0) is 14.1. The molecule has 1 heterocycles. The van der Waals surface area contributed by atoms with Crippen LogP contribution in [-0.4, -0.2) is 4.98 Å². The number of pyridine rings is 1. The number of nitrogen functional groups attached to an aromatic ring is 2. The summed E-state index contributed by atoms with van der Waals surface area (Å²) in [7, 11) is 0. The highest BCUT2D eigenvalue weighted by Crippen LogP contribution is 2.35. The van der Waals surface area contributed by atoms with Gasteiger partial charge in [-0.15, -0.1) is 0 Å². The van der Waals surface area contributed by atoms with Crippen LogP contribution < -0.4 is 16.2 Å². The van der Waals surface area contributed by atoms with Gasteiger partial charge in [0.1, 0.15) is 17.3 Å². The SMILES string of the molecule is Cc1ccc(Oc2ccnc(N)c2N)c2ccccc12. The number of hydrogen-bond acceptors (Lipinski definition) is 4. The Morgan fingerprint density at radius 3 is 2.45 bits per heavy atom. The van der Waals surface area contributed by atoms with Crippen LogP contribution in [0.25, 0.3) is 10.8 Å². The largest absolute Gasteiger partial charge is 0.454 e. The van der Waals surface area contributed by atoms with Gasteiger partial charge in [0.05, 0.1) is 0 Å². The normalized spacial score (nSPS) is 10.7. The Morgan fingerprint density at radius 2 is 1.65 bits per heavy atom. The predicted octanol–water partition coefficient (Wildman–Crippen LogP) is 3.50. The fourth-order valence-electron chi connectivity index (χ4n) is 2.19. The quantitative estimate of drug-likeness (QED) is 0.743. The summed E-state index contributed by atoms with van der Waals surface area (Å²) in [6.45, 7) is 2.07. The molecule has 0 atom stereocenters. The second-order valence-corrected chi connectivity index (χ2v) is 4.64. The molecule has 100 valence electrons. The maximum Gasteiger partial charge on any atom is 0.155 e. The van der Waals surface area contributed by atoms with Crippen LogP contribution in [0.1, 0.15) is 5.56 Å². The van der Waals surface area contributed by atoms with Gasteiger partial charge in [-0.1, -0.05) is 30.3 Å². The molecule has 4 heteroatoms. The van der Waals surface area contributed by atoms with Crippen LogP contribution in [0.5, 0.6) is 11.5 Å². The lowest BCUT2D eigenvalue weighted by Gasteiger charge is -2.12. The number of hydrogen-bond donors (Lipinski definition) is 2. The molecule has 0 fully saturated rings. The molecule has 0 amide bonds. The molecule has 0 aliphatic carbocycles. The number of aromatic nitrogens is 1. The molecule has 1 aromatic heterocycles. The molecule has 3 aromatic rings. The van der Waals surface area contributed by atoms with Gasteiger partial charge in [-0.25, -0.2) is 4.98 Å². The van der Waals surface area contributed by atoms with E-state index in [1.165, 1.54) is 5.56 Å². The first-order valence-corrected chi connectivity index (χ1v) is 6.33. The highest BCUT2D eigenvalue weighted by molar-refractivity contribution is 5.91. The lowest BCUT2D eigenvalue weighted by Crippen LogP contribution is -2.00. The first kappa shape index (κ1) is 12.3. The molecule has 0 bridgehead atoms. The molecule has 4 nitrogen and oxygen atoms in total. The zero-order valence-corrected chi connectivity index (χ0v) is 11.1. The van der Waals surface area contributed by atoms with Crippen molar-refractivity contribution in [2.24, 2.45) is 0 Å². The van der Waals surface area contributed by atoms with Gasteiger partial charge in [0.2, 0.25) is 0 Å². The van der Waals surface area contributed by atoms with Gasteiger partial charge in [0.25, 0.3) is 0 Å². The summed E-state index contributed by atoms with van der Waals surface area (Å²) in [5, 5.41) is 2.20. The standard InChI is InChI=1S/C16H15N3O/c1-10-6-7-13(12-5-3-2-4-11(10)12)20-14-8-9-19-16(18)15(14)17/h2-9H,17H2,1H3,(H2,18,19). The Bertz CT molecular complexity index is 784. The van der Waals surface area contributed by atoms with Crippen molar-refractivity contribution in [3.05, 3.63) is 54.2 Å². The van der Waals surface area contributed by atoms with Crippen LogP contribution >= 0.6 is 0 Å². The summed E-state index contributed by atoms with van der Waals surface area (Å²) in [4.78, 5) is 3.93. The van der Waals surface area contributed by atoms with E-state index in [2.05, 4.69) is 18.0 Å². The molecular formula is C16H15N3O. The Labute approximate surface area is 117 Å². The molecule has 0 spiro atoms. The van der Waals surface area contributed by atoms with E-state index in [9.17, 15) is 0 Å². The van der Waals surface area contributed by atoms with Crippen LogP contribution in [0.4, 0.5) is 11.5 Å². The Hall–Kier alpha value is -2.75. The van der Waals surface area contributed by atoms with Crippen LogP contribution in [0.2, 0.25) is 0 Å². The van der Waals surface area contributed by atoms with E-state index in [0.29, 0.717) is 11.4 Å². The highest BCUT2D eigenvalue weighted by Gasteiger charge is 2.09. The second kappa shape index (κ2) is 4.74. The number of ether oxygens (including phenoxy) is 1. The Kier molecular flexibility index (Phi) is 2.91. The van der Waals surface area contributed by atoms with Gasteiger partial charge in [-0.2, -0.15) is 0 Å². The van der Waals surface area contributed by atoms with Gasteiger partial charge < -0.3 is 16.2 Å². The Morgan fingerprint density at radius 1 is 0.900 bits per heavy atom. The average Bonchev–Trinajstić information content (AvgIpc) is 2.47. The third-order valence-electron chi connectivity index (χ3n) is 3.30. The van der Waals surface area contributed by atoms with Crippen molar-refractivity contribution in [1.29, 1.82) is 0 Å². The monoisotopic (exact) mass is 265 g/mol.